The number of carbonyl (C=O) groups excluding carboxylic acids is 2. The number of hydrogen-bond acceptors (Lipinski definition) is 9. The zero-order valence-corrected chi connectivity index (χ0v) is 24.0. The van der Waals surface area contributed by atoms with Crippen LogP contribution in [0.15, 0.2) is 75.7 Å². The number of nitrogens with zero attached hydrogens (tertiary/aromatic N) is 2. The van der Waals surface area contributed by atoms with Gasteiger partial charge in [0.25, 0.3) is 5.56 Å². The first kappa shape index (κ1) is 27.9. The smallest absolute Gasteiger partial charge is 0.338 e. The van der Waals surface area contributed by atoms with Crippen molar-refractivity contribution in [1.29, 1.82) is 0 Å². The lowest BCUT2D eigenvalue weighted by Crippen LogP contribution is -2.40. The molecule has 41 heavy (non-hydrogen) atoms. The van der Waals surface area contributed by atoms with Gasteiger partial charge in [0, 0.05) is 12.5 Å². The van der Waals surface area contributed by atoms with Crippen LogP contribution in [0.1, 0.15) is 37.9 Å². The summed E-state index contributed by atoms with van der Waals surface area (Å²) < 4.78 is 23.7. The summed E-state index contributed by atoms with van der Waals surface area (Å²) in [6.07, 6.45) is 1.71. The number of benzene rings is 3. The molecule has 0 amide bonds. The van der Waals surface area contributed by atoms with Crippen LogP contribution in [0.3, 0.4) is 0 Å². The third-order valence-electron chi connectivity index (χ3n) is 6.68. The van der Waals surface area contributed by atoms with Gasteiger partial charge in [-0.05, 0) is 54.5 Å². The van der Waals surface area contributed by atoms with E-state index in [4.69, 9.17) is 18.9 Å². The van der Waals surface area contributed by atoms with Crippen molar-refractivity contribution >= 4 is 40.1 Å². The molecule has 5 rings (SSSR count). The Hall–Kier alpha value is -4.70. The molecule has 10 heteroatoms. The molecule has 3 aromatic carbocycles. The van der Waals surface area contributed by atoms with Crippen LogP contribution in [0.5, 0.6) is 17.2 Å². The van der Waals surface area contributed by atoms with Crippen molar-refractivity contribution in [2.75, 3.05) is 20.8 Å². The van der Waals surface area contributed by atoms with Crippen molar-refractivity contribution in [3.8, 4) is 17.2 Å². The topological polar surface area (TPSA) is 105 Å². The lowest BCUT2D eigenvalue weighted by Gasteiger charge is -2.27. The van der Waals surface area contributed by atoms with Crippen molar-refractivity contribution in [1.82, 2.24) is 4.57 Å². The molecule has 0 N–H and O–H groups in total. The van der Waals surface area contributed by atoms with Gasteiger partial charge < -0.3 is 18.9 Å². The zero-order valence-electron chi connectivity index (χ0n) is 23.2. The number of esters is 2. The number of allylic oxidation sites excluding steroid dienone is 1. The molecule has 1 aromatic heterocycles. The summed E-state index contributed by atoms with van der Waals surface area (Å²) in [5.41, 5.74) is 1.73. The van der Waals surface area contributed by atoms with Crippen LogP contribution in [-0.4, -0.2) is 37.3 Å². The summed E-state index contributed by atoms with van der Waals surface area (Å²) in [6, 6.07) is 15.7. The standard InChI is InChI=1S/C31H28N2O7S/c1-6-39-30(36)26-17(2)32-31-33(28(26)27-21-10-8-7-9-20(21)12-14-23(27)37-4)29(35)25(41-31)16-19-11-13-22(40-18(3)34)24(15-19)38-5/h7-16,28H,6H2,1-5H3/b25-16-/t28-/m1/s1. The molecule has 0 spiro atoms. The molecule has 0 bridgehead atoms. The van der Waals surface area contributed by atoms with Crippen molar-refractivity contribution in [3.05, 3.63) is 96.7 Å². The van der Waals surface area contributed by atoms with E-state index in [2.05, 4.69) is 4.99 Å². The monoisotopic (exact) mass is 572 g/mol. The highest BCUT2D eigenvalue weighted by atomic mass is 32.1. The first-order valence-corrected chi connectivity index (χ1v) is 13.7. The molecule has 0 aliphatic carbocycles. The highest BCUT2D eigenvalue weighted by Crippen LogP contribution is 2.40. The van der Waals surface area contributed by atoms with Gasteiger partial charge in [-0.1, -0.05) is 47.7 Å². The van der Waals surface area contributed by atoms with Crippen LogP contribution in [0.4, 0.5) is 0 Å². The van der Waals surface area contributed by atoms with Gasteiger partial charge in [0.15, 0.2) is 16.3 Å². The lowest BCUT2D eigenvalue weighted by atomic mass is 9.90. The minimum Gasteiger partial charge on any atom is -0.496 e. The SMILES string of the molecule is CCOC(=O)C1=C(C)N=c2s/c(=C\c3ccc(OC(C)=O)c(OC)c3)c(=O)n2[C@H]1c1c(OC)ccc2ccccc12. The fourth-order valence-corrected chi connectivity index (χ4v) is 6.01. The van der Waals surface area contributed by atoms with Gasteiger partial charge in [0.1, 0.15) is 11.8 Å². The highest BCUT2D eigenvalue weighted by molar-refractivity contribution is 7.07. The van der Waals surface area contributed by atoms with E-state index in [0.29, 0.717) is 37.7 Å². The van der Waals surface area contributed by atoms with E-state index in [1.807, 2.05) is 36.4 Å². The maximum atomic E-state index is 14.1. The Labute approximate surface area is 239 Å². The van der Waals surface area contributed by atoms with Crippen LogP contribution in [-0.2, 0) is 14.3 Å². The van der Waals surface area contributed by atoms with Gasteiger partial charge in [-0.2, -0.15) is 0 Å². The van der Waals surface area contributed by atoms with E-state index in [1.54, 1.807) is 45.2 Å². The molecule has 0 radical (unpaired) electrons. The quantitative estimate of drug-likeness (QED) is 0.244. The average Bonchev–Trinajstić information content (AvgIpc) is 3.26. The molecule has 9 nitrogen and oxygen atoms in total. The normalized spacial score (nSPS) is 14.9. The van der Waals surface area contributed by atoms with E-state index in [-0.39, 0.29) is 23.5 Å². The Bertz CT molecular complexity index is 1900. The van der Waals surface area contributed by atoms with Crippen LogP contribution in [0, 0.1) is 0 Å². The number of thiazole rings is 1. The van der Waals surface area contributed by atoms with E-state index in [9.17, 15) is 14.4 Å². The third-order valence-corrected chi connectivity index (χ3v) is 7.66. The van der Waals surface area contributed by atoms with Gasteiger partial charge >= 0.3 is 11.9 Å². The second kappa shape index (κ2) is 11.4. The Morgan fingerprint density at radius 1 is 1.02 bits per heavy atom. The van der Waals surface area contributed by atoms with Crippen LogP contribution in [0.25, 0.3) is 16.8 Å². The second-order valence-electron chi connectivity index (χ2n) is 9.21. The molecular weight excluding hydrogens is 544 g/mol. The van der Waals surface area contributed by atoms with Crippen molar-refractivity contribution < 1.29 is 28.5 Å². The minimum absolute atomic E-state index is 0.171. The van der Waals surface area contributed by atoms with Gasteiger partial charge in [0.05, 0.1) is 36.6 Å². The van der Waals surface area contributed by atoms with Gasteiger partial charge in [0.2, 0.25) is 0 Å². The van der Waals surface area contributed by atoms with Crippen molar-refractivity contribution in [2.45, 2.75) is 26.8 Å². The number of fused-ring (bicyclic) bond motifs is 2. The molecule has 0 unspecified atom stereocenters. The Morgan fingerprint density at radius 3 is 2.46 bits per heavy atom. The fraction of sp³-hybridized carbons (Fsp3) is 0.226. The Kier molecular flexibility index (Phi) is 7.76. The number of aromatic nitrogens is 1. The Morgan fingerprint density at radius 2 is 1.76 bits per heavy atom. The molecule has 210 valence electrons. The zero-order chi connectivity index (χ0) is 29.3. The highest BCUT2D eigenvalue weighted by Gasteiger charge is 2.36. The van der Waals surface area contributed by atoms with E-state index < -0.39 is 18.0 Å². The first-order chi connectivity index (χ1) is 19.8. The van der Waals surface area contributed by atoms with Gasteiger partial charge in [-0.25, -0.2) is 9.79 Å². The molecule has 1 aliphatic rings. The van der Waals surface area contributed by atoms with Crippen LogP contribution >= 0.6 is 11.3 Å². The van der Waals surface area contributed by atoms with Gasteiger partial charge in [-0.3, -0.25) is 14.2 Å². The summed E-state index contributed by atoms with van der Waals surface area (Å²) in [4.78, 5) is 44.0. The maximum absolute atomic E-state index is 14.1. The molecular formula is C31H28N2O7S. The molecule has 2 heterocycles. The predicted molar refractivity (Wildman–Crippen MR) is 155 cm³/mol. The molecule has 0 saturated carbocycles. The summed E-state index contributed by atoms with van der Waals surface area (Å²) in [6.45, 7) is 4.96. The van der Waals surface area contributed by atoms with E-state index in [1.165, 1.54) is 29.9 Å². The largest absolute Gasteiger partial charge is 0.496 e. The lowest BCUT2D eigenvalue weighted by molar-refractivity contribution is -0.139. The number of rotatable bonds is 7. The molecule has 0 fully saturated rings. The minimum atomic E-state index is -0.839. The third kappa shape index (κ3) is 5.14. The summed E-state index contributed by atoms with van der Waals surface area (Å²) in [5.74, 6) is 0.136. The fourth-order valence-electron chi connectivity index (χ4n) is 4.96. The van der Waals surface area contributed by atoms with E-state index in [0.717, 1.165) is 10.8 Å². The second-order valence-corrected chi connectivity index (χ2v) is 10.2. The maximum Gasteiger partial charge on any atom is 0.338 e. The average molecular weight is 573 g/mol. The number of ether oxygens (including phenoxy) is 4. The number of carbonyl (C=O) groups is 2. The molecule has 4 aromatic rings. The summed E-state index contributed by atoms with van der Waals surface area (Å²) in [7, 11) is 3.03. The molecule has 0 saturated heterocycles. The summed E-state index contributed by atoms with van der Waals surface area (Å²) >= 11 is 1.21. The van der Waals surface area contributed by atoms with Crippen LogP contribution in [0.2, 0.25) is 0 Å². The molecule has 1 atom stereocenters. The predicted octanol–water partition coefficient (Wildman–Crippen LogP) is 3.89. The van der Waals surface area contributed by atoms with Crippen LogP contribution < -0.4 is 29.1 Å². The Balaban J connectivity index is 1.77. The summed E-state index contributed by atoms with van der Waals surface area (Å²) in [5, 5.41) is 1.77. The first-order valence-electron chi connectivity index (χ1n) is 12.9. The van der Waals surface area contributed by atoms with Crippen molar-refractivity contribution in [3.63, 3.8) is 0 Å². The van der Waals surface area contributed by atoms with Gasteiger partial charge in [-0.15, -0.1) is 0 Å². The molecule has 1 aliphatic heterocycles. The number of hydrogen-bond donors (Lipinski definition) is 0. The van der Waals surface area contributed by atoms with E-state index >= 15 is 0 Å². The van der Waals surface area contributed by atoms with Crippen molar-refractivity contribution in [2.24, 2.45) is 4.99 Å². The number of methoxy groups -OCH3 is 2.